The zero-order chi connectivity index (χ0) is 20.8. The zero-order valence-electron chi connectivity index (χ0n) is 16.4. The maximum absolute atomic E-state index is 12.6. The molecule has 0 unspecified atom stereocenters. The molecule has 1 fully saturated rings. The molecule has 0 radical (unpaired) electrons. The number of hydrogen-bond donors (Lipinski definition) is 1. The van der Waals surface area contributed by atoms with Gasteiger partial charge < -0.3 is 19.7 Å². The molecule has 0 bridgehead atoms. The molecule has 6 nitrogen and oxygen atoms in total. The third kappa shape index (κ3) is 4.85. The van der Waals surface area contributed by atoms with E-state index < -0.39 is 0 Å². The SMILES string of the molecule is O=C(Nc1ccc(C(=O)N2CCOCC2)cc1)c1cccc(Oc2ccccc2)c1. The fourth-order valence-electron chi connectivity index (χ4n) is 3.17. The zero-order valence-corrected chi connectivity index (χ0v) is 16.4. The third-order valence-corrected chi connectivity index (χ3v) is 4.76. The van der Waals surface area contributed by atoms with Crippen molar-refractivity contribution in [1.82, 2.24) is 4.90 Å². The minimum absolute atomic E-state index is 0.0260. The quantitative estimate of drug-likeness (QED) is 0.694. The molecule has 30 heavy (non-hydrogen) atoms. The van der Waals surface area contributed by atoms with E-state index in [1.807, 2.05) is 30.3 Å². The molecule has 0 aromatic heterocycles. The largest absolute Gasteiger partial charge is 0.457 e. The number of anilines is 1. The van der Waals surface area contributed by atoms with Crippen LogP contribution in [0.1, 0.15) is 20.7 Å². The van der Waals surface area contributed by atoms with Crippen LogP contribution in [0.5, 0.6) is 11.5 Å². The van der Waals surface area contributed by atoms with E-state index in [4.69, 9.17) is 9.47 Å². The van der Waals surface area contributed by atoms with Crippen molar-refractivity contribution in [3.8, 4) is 11.5 Å². The monoisotopic (exact) mass is 402 g/mol. The van der Waals surface area contributed by atoms with Gasteiger partial charge in [0.15, 0.2) is 0 Å². The van der Waals surface area contributed by atoms with Gasteiger partial charge in [0.25, 0.3) is 11.8 Å². The van der Waals surface area contributed by atoms with Crippen LogP contribution in [0.3, 0.4) is 0 Å². The average molecular weight is 402 g/mol. The maximum atomic E-state index is 12.6. The molecule has 3 aromatic rings. The van der Waals surface area contributed by atoms with Gasteiger partial charge in [0.2, 0.25) is 0 Å². The average Bonchev–Trinajstić information content (AvgIpc) is 2.80. The minimum atomic E-state index is -0.249. The van der Waals surface area contributed by atoms with Crippen LogP contribution < -0.4 is 10.1 Å². The van der Waals surface area contributed by atoms with Crippen molar-refractivity contribution in [2.75, 3.05) is 31.6 Å². The molecular formula is C24H22N2O4. The predicted octanol–water partition coefficient (Wildman–Crippen LogP) is 4.20. The number of benzene rings is 3. The highest BCUT2D eigenvalue weighted by atomic mass is 16.5. The Morgan fingerprint density at radius 1 is 0.800 bits per heavy atom. The van der Waals surface area contributed by atoms with Crippen LogP contribution in [0, 0.1) is 0 Å². The molecule has 0 spiro atoms. The van der Waals surface area contributed by atoms with Gasteiger partial charge in [-0.05, 0) is 54.6 Å². The van der Waals surface area contributed by atoms with E-state index >= 15 is 0 Å². The number of nitrogens with zero attached hydrogens (tertiary/aromatic N) is 1. The topological polar surface area (TPSA) is 67.9 Å². The summed E-state index contributed by atoms with van der Waals surface area (Å²) >= 11 is 0. The van der Waals surface area contributed by atoms with Gasteiger partial charge in [0, 0.05) is 29.9 Å². The Bertz CT molecular complexity index is 1010. The highest BCUT2D eigenvalue weighted by molar-refractivity contribution is 6.04. The standard InChI is InChI=1S/C24H22N2O4/c27-23(19-5-4-8-22(17-19)30-21-6-2-1-3-7-21)25-20-11-9-18(10-12-20)24(28)26-13-15-29-16-14-26/h1-12,17H,13-16H2,(H,25,27). The van der Waals surface area contributed by atoms with E-state index in [9.17, 15) is 9.59 Å². The molecule has 1 saturated heterocycles. The first-order chi connectivity index (χ1) is 14.7. The number of rotatable bonds is 5. The first-order valence-electron chi connectivity index (χ1n) is 9.80. The van der Waals surface area contributed by atoms with Crippen molar-refractivity contribution in [2.24, 2.45) is 0 Å². The molecule has 4 rings (SSSR count). The maximum Gasteiger partial charge on any atom is 0.255 e. The summed E-state index contributed by atoms with van der Waals surface area (Å²) in [6.45, 7) is 2.32. The molecule has 152 valence electrons. The molecule has 1 N–H and O–H groups in total. The number of amides is 2. The lowest BCUT2D eigenvalue weighted by molar-refractivity contribution is 0.0303. The van der Waals surface area contributed by atoms with E-state index in [1.165, 1.54) is 0 Å². The Kier molecular flexibility index (Phi) is 6.06. The van der Waals surface area contributed by atoms with E-state index in [1.54, 1.807) is 53.4 Å². The first-order valence-corrected chi connectivity index (χ1v) is 9.80. The second-order valence-corrected chi connectivity index (χ2v) is 6.88. The van der Waals surface area contributed by atoms with E-state index in [0.29, 0.717) is 54.6 Å². The highest BCUT2D eigenvalue weighted by Gasteiger charge is 2.18. The molecular weight excluding hydrogens is 380 g/mol. The smallest absolute Gasteiger partial charge is 0.255 e. The summed E-state index contributed by atoms with van der Waals surface area (Å²) in [7, 11) is 0. The molecule has 3 aromatic carbocycles. The number of hydrogen-bond acceptors (Lipinski definition) is 4. The van der Waals surface area contributed by atoms with Crippen molar-refractivity contribution < 1.29 is 19.1 Å². The van der Waals surface area contributed by atoms with Crippen molar-refractivity contribution in [1.29, 1.82) is 0 Å². The predicted molar refractivity (Wildman–Crippen MR) is 114 cm³/mol. The molecule has 6 heteroatoms. The lowest BCUT2D eigenvalue weighted by Crippen LogP contribution is -2.40. The Morgan fingerprint density at radius 2 is 1.50 bits per heavy atom. The summed E-state index contributed by atoms with van der Waals surface area (Å²) in [5.41, 5.74) is 1.69. The number of carbonyl (C=O) groups excluding carboxylic acids is 2. The second kappa shape index (κ2) is 9.24. The number of morpholine rings is 1. The van der Waals surface area contributed by atoms with Gasteiger partial charge in [-0.15, -0.1) is 0 Å². The van der Waals surface area contributed by atoms with Gasteiger partial charge in [0.1, 0.15) is 11.5 Å². The van der Waals surface area contributed by atoms with Crippen LogP contribution in [0.25, 0.3) is 0 Å². The molecule has 0 saturated carbocycles. The summed E-state index contributed by atoms with van der Waals surface area (Å²) in [5.74, 6) is 1.01. The van der Waals surface area contributed by atoms with Crippen molar-refractivity contribution in [3.05, 3.63) is 90.0 Å². The molecule has 0 atom stereocenters. The van der Waals surface area contributed by atoms with Crippen LogP contribution in [0.2, 0.25) is 0 Å². The molecule has 1 heterocycles. The van der Waals surface area contributed by atoms with Crippen LogP contribution in [-0.2, 0) is 4.74 Å². The molecule has 1 aliphatic heterocycles. The molecule has 2 amide bonds. The Morgan fingerprint density at radius 3 is 2.23 bits per heavy atom. The fourth-order valence-corrected chi connectivity index (χ4v) is 3.17. The van der Waals surface area contributed by atoms with Gasteiger partial charge in [0.05, 0.1) is 13.2 Å². The number of para-hydroxylation sites is 1. The van der Waals surface area contributed by atoms with Crippen LogP contribution in [0.15, 0.2) is 78.9 Å². The first kappa shape index (κ1) is 19.7. The Labute approximate surface area is 175 Å². The summed E-state index contributed by atoms with van der Waals surface area (Å²) < 4.78 is 11.1. The van der Waals surface area contributed by atoms with Gasteiger partial charge in [-0.25, -0.2) is 0 Å². The summed E-state index contributed by atoms with van der Waals surface area (Å²) in [6, 6.07) is 23.3. The van der Waals surface area contributed by atoms with Gasteiger partial charge in [-0.1, -0.05) is 24.3 Å². The number of carbonyl (C=O) groups is 2. The van der Waals surface area contributed by atoms with Gasteiger partial charge in [-0.2, -0.15) is 0 Å². The summed E-state index contributed by atoms with van der Waals surface area (Å²) in [6.07, 6.45) is 0. The van der Waals surface area contributed by atoms with Gasteiger partial charge >= 0.3 is 0 Å². The number of nitrogens with one attached hydrogen (secondary N) is 1. The van der Waals surface area contributed by atoms with E-state index in [-0.39, 0.29) is 11.8 Å². The normalized spacial score (nSPS) is 13.5. The fraction of sp³-hybridized carbons (Fsp3) is 0.167. The summed E-state index contributed by atoms with van der Waals surface area (Å²) in [4.78, 5) is 26.9. The van der Waals surface area contributed by atoms with E-state index in [2.05, 4.69) is 5.32 Å². The van der Waals surface area contributed by atoms with Crippen LogP contribution >= 0.6 is 0 Å². The lowest BCUT2D eigenvalue weighted by atomic mass is 10.1. The Hall–Kier alpha value is -3.64. The Balaban J connectivity index is 1.40. The van der Waals surface area contributed by atoms with E-state index in [0.717, 1.165) is 0 Å². The lowest BCUT2D eigenvalue weighted by Gasteiger charge is -2.26. The van der Waals surface area contributed by atoms with Crippen molar-refractivity contribution in [3.63, 3.8) is 0 Å². The van der Waals surface area contributed by atoms with Crippen LogP contribution in [-0.4, -0.2) is 43.0 Å². The summed E-state index contributed by atoms with van der Waals surface area (Å²) in [5, 5.41) is 2.86. The molecule has 1 aliphatic rings. The minimum Gasteiger partial charge on any atom is -0.457 e. The van der Waals surface area contributed by atoms with Gasteiger partial charge in [-0.3, -0.25) is 9.59 Å². The third-order valence-electron chi connectivity index (χ3n) is 4.76. The second-order valence-electron chi connectivity index (χ2n) is 6.88. The number of ether oxygens (including phenoxy) is 2. The van der Waals surface area contributed by atoms with Crippen LogP contribution in [0.4, 0.5) is 5.69 Å². The van der Waals surface area contributed by atoms with Crippen molar-refractivity contribution >= 4 is 17.5 Å². The van der Waals surface area contributed by atoms with Crippen molar-refractivity contribution in [2.45, 2.75) is 0 Å². The molecule has 0 aliphatic carbocycles. The highest BCUT2D eigenvalue weighted by Crippen LogP contribution is 2.22.